The summed E-state index contributed by atoms with van der Waals surface area (Å²) in [4.78, 5) is 38.2. The Balaban J connectivity index is 1.50. The van der Waals surface area contributed by atoms with Crippen LogP contribution in [0.5, 0.6) is 17.2 Å². The second-order valence-electron chi connectivity index (χ2n) is 7.64. The van der Waals surface area contributed by atoms with Gasteiger partial charge in [0.1, 0.15) is 5.75 Å². The summed E-state index contributed by atoms with van der Waals surface area (Å²) in [6, 6.07) is 11.7. The predicted octanol–water partition coefficient (Wildman–Crippen LogP) is 2.91. The number of benzene rings is 2. The van der Waals surface area contributed by atoms with E-state index in [4.69, 9.17) is 14.2 Å². The zero-order chi connectivity index (χ0) is 23.1. The van der Waals surface area contributed by atoms with Crippen molar-refractivity contribution in [1.82, 2.24) is 10.2 Å². The third-order valence-electron chi connectivity index (χ3n) is 5.44. The highest BCUT2D eigenvalue weighted by atomic mass is 16.5. The van der Waals surface area contributed by atoms with Crippen molar-refractivity contribution in [2.45, 2.75) is 19.8 Å². The first-order valence-electron chi connectivity index (χ1n) is 10.5. The van der Waals surface area contributed by atoms with Crippen LogP contribution in [0.25, 0.3) is 0 Å². The minimum Gasteiger partial charge on any atom is -0.493 e. The van der Waals surface area contributed by atoms with Gasteiger partial charge in [0.15, 0.2) is 11.5 Å². The minimum absolute atomic E-state index is 0.0909. The number of piperidine rings is 1. The molecule has 0 spiro atoms. The van der Waals surface area contributed by atoms with Gasteiger partial charge in [-0.25, -0.2) is 0 Å². The first kappa shape index (κ1) is 23.1. The molecule has 2 aromatic rings. The number of esters is 1. The zero-order valence-corrected chi connectivity index (χ0v) is 18.6. The van der Waals surface area contributed by atoms with Crippen molar-refractivity contribution in [3.05, 3.63) is 53.6 Å². The van der Waals surface area contributed by atoms with Crippen molar-refractivity contribution >= 4 is 17.8 Å². The molecule has 0 unspecified atom stereocenters. The number of hydrogen-bond donors (Lipinski definition) is 1. The normalized spacial score (nSPS) is 13.9. The minimum atomic E-state index is -0.425. The van der Waals surface area contributed by atoms with Crippen LogP contribution in [0.15, 0.2) is 42.5 Å². The summed E-state index contributed by atoms with van der Waals surface area (Å²) in [7, 11) is 3.08. The summed E-state index contributed by atoms with van der Waals surface area (Å²) in [5, 5.41) is 2.97. The summed E-state index contributed by atoms with van der Waals surface area (Å²) >= 11 is 0. The molecular formula is C24H28N2O6. The van der Waals surface area contributed by atoms with Gasteiger partial charge < -0.3 is 24.4 Å². The lowest BCUT2D eigenvalue weighted by molar-refractivity contribution is -0.131. The van der Waals surface area contributed by atoms with Crippen LogP contribution in [0.3, 0.4) is 0 Å². The van der Waals surface area contributed by atoms with E-state index in [1.807, 2.05) is 0 Å². The van der Waals surface area contributed by atoms with Gasteiger partial charge in [-0.3, -0.25) is 14.4 Å². The van der Waals surface area contributed by atoms with Crippen LogP contribution in [0.1, 0.15) is 40.5 Å². The summed E-state index contributed by atoms with van der Waals surface area (Å²) in [5.41, 5.74) is 0.992. The number of ether oxygens (including phenoxy) is 3. The highest BCUT2D eigenvalue weighted by molar-refractivity contribution is 5.95. The van der Waals surface area contributed by atoms with Crippen LogP contribution in [0, 0.1) is 5.92 Å². The molecule has 8 heteroatoms. The van der Waals surface area contributed by atoms with Gasteiger partial charge in [0.05, 0.1) is 14.2 Å². The number of nitrogens with zero attached hydrogens (tertiary/aromatic N) is 1. The fraction of sp³-hybridized carbons (Fsp3) is 0.375. The number of rotatable bonds is 7. The molecule has 1 aliphatic heterocycles. The Morgan fingerprint density at radius 1 is 0.969 bits per heavy atom. The summed E-state index contributed by atoms with van der Waals surface area (Å²) in [6.07, 6.45) is 1.59. The van der Waals surface area contributed by atoms with Crippen molar-refractivity contribution in [3.63, 3.8) is 0 Å². The second kappa shape index (κ2) is 10.7. The SMILES string of the molecule is COc1ccc(C(=O)NCC2CCN(C(=O)c3cccc(OC(C)=O)c3)CC2)cc1OC. The third-order valence-corrected chi connectivity index (χ3v) is 5.44. The van der Waals surface area contributed by atoms with Gasteiger partial charge in [0.2, 0.25) is 0 Å². The molecule has 1 saturated heterocycles. The molecule has 0 aromatic heterocycles. The third kappa shape index (κ3) is 5.78. The van der Waals surface area contributed by atoms with Crippen molar-refractivity contribution in [3.8, 4) is 17.2 Å². The van der Waals surface area contributed by atoms with Gasteiger partial charge in [-0.15, -0.1) is 0 Å². The molecule has 1 aliphatic rings. The van der Waals surface area contributed by atoms with E-state index in [0.29, 0.717) is 48.0 Å². The van der Waals surface area contributed by atoms with Gasteiger partial charge in [0, 0.05) is 37.7 Å². The van der Waals surface area contributed by atoms with E-state index in [9.17, 15) is 14.4 Å². The van der Waals surface area contributed by atoms with Crippen LogP contribution in [0.2, 0.25) is 0 Å². The number of carbonyl (C=O) groups excluding carboxylic acids is 3. The smallest absolute Gasteiger partial charge is 0.308 e. The van der Waals surface area contributed by atoms with Gasteiger partial charge in [-0.2, -0.15) is 0 Å². The first-order chi connectivity index (χ1) is 15.4. The standard InChI is InChI=1S/C24H28N2O6/c1-16(27)32-20-6-4-5-19(13-20)24(29)26-11-9-17(10-12-26)15-25-23(28)18-7-8-21(30-2)22(14-18)31-3/h4-8,13-14,17H,9-12,15H2,1-3H3,(H,25,28). The number of carbonyl (C=O) groups is 3. The molecular weight excluding hydrogens is 412 g/mol. The van der Waals surface area contributed by atoms with E-state index in [0.717, 1.165) is 12.8 Å². The molecule has 1 heterocycles. The Hall–Kier alpha value is -3.55. The number of amides is 2. The Morgan fingerprint density at radius 3 is 2.34 bits per heavy atom. The van der Waals surface area contributed by atoms with Crippen molar-refractivity contribution < 1.29 is 28.6 Å². The molecule has 0 atom stereocenters. The fourth-order valence-electron chi connectivity index (χ4n) is 3.70. The average Bonchev–Trinajstić information content (AvgIpc) is 2.81. The topological polar surface area (TPSA) is 94.2 Å². The van der Waals surface area contributed by atoms with E-state index in [2.05, 4.69) is 5.32 Å². The maximum absolute atomic E-state index is 12.8. The molecule has 0 radical (unpaired) electrons. The predicted molar refractivity (Wildman–Crippen MR) is 118 cm³/mol. The van der Waals surface area contributed by atoms with Crippen molar-refractivity contribution in [2.24, 2.45) is 5.92 Å². The lowest BCUT2D eigenvalue weighted by Gasteiger charge is -2.32. The largest absolute Gasteiger partial charge is 0.493 e. The fourth-order valence-corrected chi connectivity index (χ4v) is 3.70. The monoisotopic (exact) mass is 440 g/mol. The van der Waals surface area contributed by atoms with E-state index in [-0.39, 0.29) is 17.7 Å². The van der Waals surface area contributed by atoms with Gasteiger partial charge in [0.25, 0.3) is 11.8 Å². The number of nitrogens with one attached hydrogen (secondary N) is 1. The molecule has 3 rings (SSSR count). The molecule has 2 aromatic carbocycles. The highest BCUT2D eigenvalue weighted by Gasteiger charge is 2.24. The van der Waals surface area contributed by atoms with Gasteiger partial charge in [-0.1, -0.05) is 6.07 Å². The van der Waals surface area contributed by atoms with Crippen LogP contribution in [-0.4, -0.2) is 56.5 Å². The maximum atomic E-state index is 12.8. The van der Waals surface area contributed by atoms with E-state index in [1.54, 1.807) is 54.5 Å². The van der Waals surface area contributed by atoms with E-state index < -0.39 is 5.97 Å². The maximum Gasteiger partial charge on any atom is 0.308 e. The van der Waals surface area contributed by atoms with Crippen LogP contribution >= 0.6 is 0 Å². The highest BCUT2D eigenvalue weighted by Crippen LogP contribution is 2.27. The molecule has 1 fully saturated rings. The lowest BCUT2D eigenvalue weighted by Crippen LogP contribution is -2.41. The van der Waals surface area contributed by atoms with Gasteiger partial charge in [-0.05, 0) is 55.2 Å². The zero-order valence-electron chi connectivity index (χ0n) is 18.6. The Morgan fingerprint density at radius 2 is 1.69 bits per heavy atom. The Bertz CT molecular complexity index is 982. The van der Waals surface area contributed by atoms with E-state index in [1.165, 1.54) is 14.0 Å². The molecule has 0 saturated carbocycles. The van der Waals surface area contributed by atoms with Gasteiger partial charge >= 0.3 is 5.97 Å². The number of methoxy groups -OCH3 is 2. The van der Waals surface area contributed by atoms with Crippen LogP contribution < -0.4 is 19.5 Å². The number of hydrogen-bond acceptors (Lipinski definition) is 6. The molecule has 0 bridgehead atoms. The van der Waals surface area contributed by atoms with Crippen LogP contribution in [0.4, 0.5) is 0 Å². The molecule has 1 N–H and O–H groups in total. The lowest BCUT2D eigenvalue weighted by atomic mass is 9.96. The second-order valence-corrected chi connectivity index (χ2v) is 7.64. The van der Waals surface area contributed by atoms with Crippen molar-refractivity contribution in [1.29, 1.82) is 0 Å². The molecule has 2 amide bonds. The van der Waals surface area contributed by atoms with E-state index >= 15 is 0 Å². The summed E-state index contributed by atoms with van der Waals surface area (Å²) in [6.45, 7) is 3.07. The molecule has 8 nitrogen and oxygen atoms in total. The molecule has 32 heavy (non-hydrogen) atoms. The van der Waals surface area contributed by atoms with Crippen molar-refractivity contribution in [2.75, 3.05) is 33.9 Å². The quantitative estimate of drug-likeness (QED) is 0.526. The first-order valence-corrected chi connectivity index (χ1v) is 10.5. The Kier molecular flexibility index (Phi) is 7.70. The summed E-state index contributed by atoms with van der Waals surface area (Å²) in [5.74, 6) is 1.03. The molecule has 170 valence electrons. The van der Waals surface area contributed by atoms with Crippen LogP contribution in [-0.2, 0) is 4.79 Å². The Labute approximate surface area is 187 Å². The number of likely N-dealkylation sites (tertiary alicyclic amines) is 1. The summed E-state index contributed by atoms with van der Waals surface area (Å²) < 4.78 is 15.5. The molecule has 0 aliphatic carbocycles. The average molecular weight is 440 g/mol.